The van der Waals surface area contributed by atoms with Gasteiger partial charge >= 0.3 is 0 Å². The van der Waals surface area contributed by atoms with E-state index in [9.17, 15) is 4.79 Å². The van der Waals surface area contributed by atoms with E-state index in [1.165, 1.54) is 6.42 Å². The van der Waals surface area contributed by atoms with E-state index < -0.39 is 0 Å². The Bertz CT molecular complexity index is 843. The Morgan fingerprint density at radius 3 is 2.75 bits per heavy atom. The second-order valence-electron chi connectivity index (χ2n) is 7.98. The monoisotopic (exact) mass is 383 g/mol. The normalized spacial score (nSPS) is 23.7. The van der Waals surface area contributed by atoms with E-state index in [2.05, 4.69) is 13.0 Å². The van der Waals surface area contributed by atoms with Crippen molar-refractivity contribution in [1.29, 1.82) is 0 Å². The highest BCUT2D eigenvalue weighted by Gasteiger charge is 2.36. The zero-order chi connectivity index (χ0) is 19.7. The maximum Gasteiger partial charge on any atom is 0.223 e. The highest BCUT2D eigenvalue weighted by atomic mass is 16.5. The molecule has 4 rings (SSSR count). The van der Waals surface area contributed by atoms with E-state index in [0.29, 0.717) is 18.8 Å². The first-order valence-electron chi connectivity index (χ1n) is 10.2. The maximum atomic E-state index is 13.0. The van der Waals surface area contributed by atoms with Gasteiger partial charge in [-0.25, -0.2) is 0 Å². The number of amides is 1. The molecule has 2 heterocycles. The van der Waals surface area contributed by atoms with E-state index >= 15 is 0 Å². The number of carbonyl (C=O) groups is 1. The van der Waals surface area contributed by atoms with Gasteiger partial charge in [0.15, 0.2) is 0 Å². The molecule has 0 N–H and O–H groups in total. The second kappa shape index (κ2) is 7.90. The van der Waals surface area contributed by atoms with E-state index in [-0.39, 0.29) is 11.9 Å². The van der Waals surface area contributed by atoms with Gasteiger partial charge in [0.1, 0.15) is 23.0 Å². The van der Waals surface area contributed by atoms with Crippen LogP contribution in [0.2, 0.25) is 0 Å². The standard InChI is InChI=1S/C23H29NO4/c1-15-13-18(15)22-10-6-16(28-22)8-11-23(25)24-12-4-5-20(24)19-14-17(26-2)7-9-21(19)27-3/h6-7,9-10,14-15,18,20H,4-5,8,11-13H2,1-3H3. The number of likely N-dealkylation sites (tertiary alicyclic amines) is 1. The molecule has 3 unspecified atom stereocenters. The Labute approximate surface area is 166 Å². The van der Waals surface area contributed by atoms with Crippen LogP contribution in [0.3, 0.4) is 0 Å². The smallest absolute Gasteiger partial charge is 0.223 e. The third-order valence-electron chi connectivity index (χ3n) is 6.11. The van der Waals surface area contributed by atoms with Crippen LogP contribution in [-0.4, -0.2) is 31.6 Å². The molecule has 1 saturated heterocycles. The molecule has 0 spiro atoms. The number of aryl methyl sites for hydroxylation is 1. The fraction of sp³-hybridized carbons (Fsp3) is 0.522. The van der Waals surface area contributed by atoms with Crippen molar-refractivity contribution < 1.29 is 18.7 Å². The lowest BCUT2D eigenvalue weighted by Crippen LogP contribution is -2.30. The number of hydrogen-bond donors (Lipinski definition) is 0. The Balaban J connectivity index is 1.43. The van der Waals surface area contributed by atoms with E-state index in [1.54, 1.807) is 14.2 Å². The number of rotatable bonds is 7. The summed E-state index contributed by atoms with van der Waals surface area (Å²) >= 11 is 0. The van der Waals surface area contributed by atoms with Crippen LogP contribution in [-0.2, 0) is 11.2 Å². The zero-order valence-electron chi connectivity index (χ0n) is 16.9. The number of benzene rings is 1. The summed E-state index contributed by atoms with van der Waals surface area (Å²) in [6, 6.07) is 9.94. The van der Waals surface area contributed by atoms with Crippen LogP contribution in [0.25, 0.3) is 0 Å². The van der Waals surface area contributed by atoms with Crippen molar-refractivity contribution in [3.05, 3.63) is 47.4 Å². The molecule has 28 heavy (non-hydrogen) atoms. The van der Waals surface area contributed by atoms with Crippen molar-refractivity contribution >= 4 is 5.91 Å². The third-order valence-corrected chi connectivity index (χ3v) is 6.11. The molecular formula is C23H29NO4. The fourth-order valence-corrected chi connectivity index (χ4v) is 4.31. The molecule has 5 heteroatoms. The van der Waals surface area contributed by atoms with Gasteiger partial charge in [0.05, 0.1) is 20.3 Å². The second-order valence-corrected chi connectivity index (χ2v) is 7.98. The Kier molecular flexibility index (Phi) is 5.33. The molecule has 1 amide bonds. The van der Waals surface area contributed by atoms with E-state index in [4.69, 9.17) is 13.9 Å². The van der Waals surface area contributed by atoms with Crippen LogP contribution in [0.5, 0.6) is 11.5 Å². The fourth-order valence-electron chi connectivity index (χ4n) is 4.31. The number of furan rings is 1. The van der Waals surface area contributed by atoms with Crippen LogP contribution in [0.4, 0.5) is 0 Å². The molecule has 1 aromatic carbocycles. The van der Waals surface area contributed by atoms with Crippen molar-refractivity contribution in [2.24, 2.45) is 5.92 Å². The average Bonchev–Trinajstić information content (AvgIpc) is 3.13. The van der Waals surface area contributed by atoms with Gasteiger partial charge in [0.25, 0.3) is 0 Å². The average molecular weight is 383 g/mol. The van der Waals surface area contributed by atoms with Crippen molar-refractivity contribution in [1.82, 2.24) is 4.90 Å². The molecule has 1 aromatic heterocycles. The SMILES string of the molecule is COc1ccc(OC)c(C2CCCN2C(=O)CCc2ccc(C3CC3C)o2)c1. The minimum atomic E-state index is 0.0389. The van der Waals surface area contributed by atoms with Gasteiger partial charge in [-0.05, 0) is 55.5 Å². The van der Waals surface area contributed by atoms with Crippen LogP contribution in [0.1, 0.15) is 61.7 Å². The molecule has 2 aliphatic rings. The topological polar surface area (TPSA) is 51.9 Å². The van der Waals surface area contributed by atoms with Gasteiger partial charge in [-0.15, -0.1) is 0 Å². The molecule has 1 aliphatic heterocycles. The van der Waals surface area contributed by atoms with Crippen LogP contribution in [0.15, 0.2) is 34.7 Å². The van der Waals surface area contributed by atoms with Gasteiger partial charge in [0, 0.05) is 30.9 Å². The van der Waals surface area contributed by atoms with Gasteiger partial charge in [-0.2, -0.15) is 0 Å². The Morgan fingerprint density at radius 1 is 1.21 bits per heavy atom. The molecule has 3 atom stereocenters. The van der Waals surface area contributed by atoms with Crippen molar-refractivity contribution in [3.8, 4) is 11.5 Å². The number of hydrogen-bond acceptors (Lipinski definition) is 4. The molecule has 150 valence electrons. The first-order valence-corrected chi connectivity index (χ1v) is 10.2. The molecule has 0 bridgehead atoms. The lowest BCUT2D eigenvalue weighted by Gasteiger charge is -2.26. The summed E-state index contributed by atoms with van der Waals surface area (Å²) in [6.45, 7) is 3.03. The maximum absolute atomic E-state index is 13.0. The number of ether oxygens (including phenoxy) is 2. The molecule has 1 saturated carbocycles. The minimum absolute atomic E-state index is 0.0389. The first kappa shape index (κ1) is 18.9. The largest absolute Gasteiger partial charge is 0.497 e. The van der Waals surface area contributed by atoms with Crippen LogP contribution in [0, 0.1) is 5.92 Å². The quantitative estimate of drug-likeness (QED) is 0.694. The summed E-state index contributed by atoms with van der Waals surface area (Å²) in [5.41, 5.74) is 1.02. The van der Waals surface area contributed by atoms with Gasteiger partial charge in [0.2, 0.25) is 5.91 Å². The predicted molar refractivity (Wildman–Crippen MR) is 107 cm³/mol. The lowest BCUT2D eigenvalue weighted by molar-refractivity contribution is -0.132. The lowest BCUT2D eigenvalue weighted by atomic mass is 10.0. The van der Waals surface area contributed by atoms with Crippen molar-refractivity contribution in [2.45, 2.75) is 51.0 Å². The van der Waals surface area contributed by atoms with Crippen molar-refractivity contribution in [2.75, 3.05) is 20.8 Å². The van der Waals surface area contributed by atoms with Crippen LogP contribution < -0.4 is 9.47 Å². The molecule has 5 nitrogen and oxygen atoms in total. The summed E-state index contributed by atoms with van der Waals surface area (Å²) < 4.78 is 16.9. The first-order chi connectivity index (χ1) is 13.6. The van der Waals surface area contributed by atoms with Gasteiger partial charge in [-0.3, -0.25) is 4.79 Å². The highest BCUT2D eigenvalue weighted by molar-refractivity contribution is 5.77. The minimum Gasteiger partial charge on any atom is -0.497 e. The van der Waals surface area contributed by atoms with E-state index in [1.807, 2.05) is 29.2 Å². The molecule has 1 aliphatic carbocycles. The van der Waals surface area contributed by atoms with E-state index in [0.717, 1.165) is 53.9 Å². The van der Waals surface area contributed by atoms with Gasteiger partial charge in [-0.1, -0.05) is 6.92 Å². The van der Waals surface area contributed by atoms with Gasteiger partial charge < -0.3 is 18.8 Å². The Hall–Kier alpha value is -2.43. The van der Waals surface area contributed by atoms with Crippen LogP contribution >= 0.6 is 0 Å². The molecular weight excluding hydrogens is 354 g/mol. The predicted octanol–water partition coefficient (Wildman–Crippen LogP) is 4.72. The van der Waals surface area contributed by atoms with Crippen molar-refractivity contribution in [3.63, 3.8) is 0 Å². The molecule has 2 aromatic rings. The summed E-state index contributed by atoms with van der Waals surface area (Å²) in [4.78, 5) is 15.0. The summed E-state index contributed by atoms with van der Waals surface area (Å²) in [6.07, 6.45) is 4.28. The molecule has 0 radical (unpaired) electrons. The highest BCUT2D eigenvalue weighted by Crippen LogP contribution is 2.47. The number of methoxy groups -OCH3 is 2. The zero-order valence-corrected chi connectivity index (χ0v) is 16.9. The Morgan fingerprint density at radius 2 is 2.04 bits per heavy atom. The number of carbonyl (C=O) groups excluding carboxylic acids is 1. The summed E-state index contributed by atoms with van der Waals surface area (Å²) in [5, 5.41) is 0. The molecule has 2 fully saturated rings. The number of nitrogens with zero attached hydrogens (tertiary/aromatic N) is 1. The third kappa shape index (κ3) is 3.75. The summed E-state index contributed by atoms with van der Waals surface area (Å²) in [7, 11) is 3.32. The summed E-state index contributed by atoms with van der Waals surface area (Å²) in [5.74, 6) is 5.06.